The van der Waals surface area contributed by atoms with Crippen LogP contribution < -0.4 is 0 Å². The summed E-state index contributed by atoms with van der Waals surface area (Å²) < 4.78 is 6.16. The Morgan fingerprint density at radius 1 is 0.750 bits per heavy atom. The molecule has 0 spiro atoms. The Labute approximate surface area is 225 Å². The van der Waals surface area contributed by atoms with Gasteiger partial charge in [-0.3, -0.25) is 0 Å². The quantitative estimate of drug-likeness (QED) is 0.178. The number of hydrogen-bond donors (Lipinski definition) is 0. The molecule has 0 aliphatic heterocycles. The minimum Gasteiger partial charge on any atom is -0.501 e. The molecule has 0 unspecified atom stereocenters. The van der Waals surface area contributed by atoms with Gasteiger partial charge in [-0.2, -0.15) is 0 Å². The van der Waals surface area contributed by atoms with Gasteiger partial charge in [0, 0.05) is 37.4 Å². The van der Waals surface area contributed by atoms with Crippen LogP contribution in [0.3, 0.4) is 0 Å². The van der Waals surface area contributed by atoms with Gasteiger partial charge in [0.25, 0.3) is 0 Å². The van der Waals surface area contributed by atoms with Crippen LogP contribution in [-0.2, 0) is 20.1 Å². The van der Waals surface area contributed by atoms with E-state index < -0.39 is 0 Å². The standard InChI is InChI=1S/C21H18NO.C11H8N.Ir/c1-12-5-6-20-16(8-12)17-9-14(3)10-18(21(17)23-20)19-11-13(2)7-15(4)22-19;1-2-6-10(7-3-1)11-8-4-5-9-12-11;/h5-9,11H,1-4H3;1-6,8-9H;/q2*-1;. The van der Waals surface area contributed by atoms with Crippen molar-refractivity contribution in [1.82, 2.24) is 9.97 Å². The zero-order chi connectivity index (χ0) is 24.4. The molecule has 0 N–H and O–H groups in total. The molecule has 0 bridgehead atoms. The monoisotopic (exact) mass is 647 g/mol. The SMILES string of the molecule is Cc1[c-]c(-c2cc(C)cc(C)n2)c2oc3ccc(C)cc3c2c1.[Ir].[c-]1ccccc1-c1ccccn1. The van der Waals surface area contributed by atoms with Crippen molar-refractivity contribution in [2.24, 2.45) is 0 Å². The van der Waals surface area contributed by atoms with Crippen LogP contribution in [0.1, 0.15) is 22.4 Å². The Balaban J connectivity index is 0.000000198. The molecule has 36 heavy (non-hydrogen) atoms. The summed E-state index contributed by atoms with van der Waals surface area (Å²) in [4.78, 5) is 8.91. The third-order valence-corrected chi connectivity index (χ3v) is 5.80. The van der Waals surface area contributed by atoms with E-state index in [0.29, 0.717) is 0 Å². The van der Waals surface area contributed by atoms with E-state index >= 15 is 0 Å². The van der Waals surface area contributed by atoms with Crippen molar-refractivity contribution in [3.8, 4) is 22.5 Å². The van der Waals surface area contributed by atoms with Gasteiger partial charge in [0.05, 0.1) is 5.58 Å². The van der Waals surface area contributed by atoms with Crippen LogP contribution >= 0.6 is 0 Å². The molecular formula is C32H26IrN2O-2. The van der Waals surface area contributed by atoms with Crippen LogP contribution in [0.5, 0.6) is 0 Å². The molecule has 3 aromatic heterocycles. The van der Waals surface area contributed by atoms with Gasteiger partial charge in [0.2, 0.25) is 0 Å². The summed E-state index contributed by atoms with van der Waals surface area (Å²) >= 11 is 0. The number of hydrogen-bond acceptors (Lipinski definition) is 3. The summed E-state index contributed by atoms with van der Waals surface area (Å²) in [5, 5.41) is 2.29. The molecule has 3 heterocycles. The van der Waals surface area contributed by atoms with Gasteiger partial charge in [-0.05, 0) is 56.4 Å². The molecule has 0 aliphatic rings. The predicted octanol–water partition coefficient (Wildman–Crippen LogP) is 8.23. The topological polar surface area (TPSA) is 38.9 Å². The van der Waals surface area contributed by atoms with Gasteiger partial charge in [-0.25, -0.2) is 0 Å². The second-order valence-corrected chi connectivity index (χ2v) is 8.83. The van der Waals surface area contributed by atoms with E-state index in [-0.39, 0.29) is 20.1 Å². The first-order valence-corrected chi connectivity index (χ1v) is 11.7. The van der Waals surface area contributed by atoms with Crippen molar-refractivity contribution in [3.63, 3.8) is 0 Å². The largest absolute Gasteiger partial charge is 0.501 e. The van der Waals surface area contributed by atoms with E-state index in [2.05, 4.69) is 68.2 Å². The van der Waals surface area contributed by atoms with Gasteiger partial charge >= 0.3 is 0 Å². The number of benzene rings is 3. The van der Waals surface area contributed by atoms with Crippen molar-refractivity contribution in [1.29, 1.82) is 0 Å². The summed E-state index contributed by atoms with van der Waals surface area (Å²) in [5.41, 5.74) is 10.2. The maximum absolute atomic E-state index is 6.16. The molecule has 0 saturated heterocycles. The molecule has 0 atom stereocenters. The van der Waals surface area contributed by atoms with E-state index in [9.17, 15) is 0 Å². The summed E-state index contributed by atoms with van der Waals surface area (Å²) in [6.07, 6.45) is 1.79. The van der Waals surface area contributed by atoms with E-state index in [1.807, 2.05) is 55.5 Å². The van der Waals surface area contributed by atoms with Crippen molar-refractivity contribution in [2.75, 3.05) is 0 Å². The number of pyridine rings is 2. The number of furan rings is 1. The molecule has 6 rings (SSSR count). The fraction of sp³-hybridized carbons (Fsp3) is 0.125. The maximum atomic E-state index is 6.16. The van der Waals surface area contributed by atoms with Gasteiger partial charge in [-0.1, -0.05) is 53.3 Å². The molecule has 0 fully saturated rings. The normalized spacial score (nSPS) is 10.6. The average Bonchev–Trinajstić information content (AvgIpc) is 3.22. The first-order valence-electron chi connectivity index (χ1n) is 11.7. The Bertz CT molecular complexity index is 1570. The first-order chi connectivity index (χ1) is 17.0. The van der Waals surface area contributed by atoms with E-state index in [0.717, 1.165) is 55.7 Å². The fourth-order valence-corrected chi connectivity index (χ4v) is 4.29. The van der Waals surface area contributed by atoms with Crippen molar-refractivity contribution >= 4 is 21.9 Å². The average molecular weight is 647 g/mol. The number of nitrogens with zero attached hydrogens (tertiary/aromatic N) is 2. The van der Waals surface area contributed by atoms with Crippen molar-refractivity contribution in [2.45, 2.75) is 27.7 Å². The Hall–Kier alpha value is -3.59. The Morgan fingerprint density at radius 3 is 2.31 bits per heavy atom. The Morgan fingerprint density at radius 2 is 1.58 bits per heavy atom. The van der Waals surface area contributed by atoms with Gasteiger partial charge in [0.15, 0.2) is 0 Å². The maximum Gasteiger partial charge on any atom is 0.120 e. The number of aromatic nitrogens is 2. The van der Waals surface area contributed by atoms with E-state index in [1.54, 1.807) is 6.20 Å². The molecule has 0 saturated carbocycles. The zero-order valence-corrected chi connectivity index (χ0v) is 23.1. The molecule has 6 aromatic rings. The second kappa shape index (κ2) is 11.0. The van der Waals surface area contributed by atoms with E-state index in [1.165, 1.54) is 11.1 Å². The zero-order valence-electron chi connectivity index (χ0n) is 20.7. The van der Waals surface area contributed by atoms with Gasteiger partial charge in [0.1, 0.15) is 5.58 Å². The van der Waals surface area contributed by atoms with Crippen LogP contribution in [-0.4, -0.2) is 9.97 Å². The second-order valence-electron chi connectivity index (χ2n) is 8.83. The molecule has 0 aliphatic carbocycles. The van der Waals surface area contributed by atoms with Crippen molar-refractivity contribution in [3.05, 3.63) is 120 Å². The molecule has 3 nitrogen and oxygen atoms in total. The number of fused-ring (bicyclic) bond motifs is 3. The number of aryl methyl sites for hydroxylation is 4. The van der Waals surface area contributed by atoms with Crippen LogP contribution in [0.25, 0.3) is 44.5 Å². The van der Waals surface area contributed by atoms with Crippen LogP contribution in [0.4, 0.5) is 0 Å². The molecular weight excluding hydrogens is 621 g/mol. The summed E-state index contributed by atoms with van der Waals surface area (Å²) in [6, 6.07) is 32.9. The minimum absolute atomic E-state index is 0. The first kappa shape index (κ1) is 25.5. The summed E-state index contributed by atoms with van der Waals surface area (Å²) in [7, 11) is 0. The fourth-order valence-electron chi connectivity index (χ4n) is 4.29. The molecule has 181 valence electrons. The van der Waals surface area contributed by atoms with Gasteiger partial charge in [-0.15, -0.1) is 53.6 Å². The summed E-state index contributed by atoms with van der Waals surface area (Å²) in [6.45, 7) is 8.28. The van der Waals surface area contributed by atoms with Crippen LogP contribution in [0.15, 0.2) is 89.5 Å². The Kier molecular flexibility index (Phi) is 7.78. The third-order valence-electron chi connectivity index (χ3n) is 5.80. The van der Waals surface area contributed by atoms with Gasteiger partial charge < -0.3 is 14.4 Å². The van der Waals surface area contributed by atoms with E-state index in [4.69, 9.17) is 9.40 Å². The number of rotatable bonds is 2. The minimum atomic E-state index is 0. The van der Waals surface area contributed by atoms with Crippen molar-refractivity contribution < 1.29 is 24.5 Å². The smallest absolute Gasteiger partial charge is 0.120 e. The molecule has 0 amide bonds. The third kappa shape index (κ3) is 5.46. The van der Waals surface area contributed by atoms with Crippen LogP contribution in [0.2, 0.25) is 0 Å². The predicted molar refractivity (Wildman–Crippen MR) is 143 cm³/mol. The van der Waals surface area contributed by atoms with Crippen LogP contribution in [0, 0.1) is 39.8 Å². The molecule has 3 aromatic carbocycles. The molecule has 4 heteroatoms. The molecule has 1 radical (unpaired) electrons. The summed E-state index contributed by atoms with van der Waals surface area (Å²) in [5.74, 6) is 0.